The minimum Gasteiger partial charge on any atom is -0.450 e. The van der Waals surface area contributed by atoms with Gasteiger partial charge < -0.3 is 19.1 Å². The molecule has 3 aromatic rings. The first kappa shape index (κ1) is 17.4. The van der Waals surface area contributed by atoms with Crippen LogP contribution in [0.15, 0.2) is 48.5 Å². The maximum absolute atomic E-state index is 11.9. The first-order valence-electron chi connectivity index (χ1n) is 9.36. The Bertz CT molecular complexity index is 958. The number of hydrogen-bond acceptors (Lipinski definition) is 4. The number of aryl methyl sites for hydroxylation is 1. The molecule has 0 saturated carbocycles. The zero-order chi connectivity index (χ0) is 18.8. The first-order valence-corrected chi connectivity index (χ1v) is 9.36. The van der Waals surface area contributed by atoms with Crippen molar-refractivity contribution in [3.05, 3.63) is 48.5 Å². The predicted molar refractivity (Wildman–Crippen MR) is 107 cm³/mol. The van der Waals surface area contributed by atoms with E-state index in [0.717, 1.165) is 41.2 Å². The molecule has 1 amide bonds. The molecule has 0 spiro atoms. The molecule has 27 heavy (non-hydrogen) atoms. The van der Waals surface area contributed by atoms with Crippen LogP contribution in [0.5, 0.6) is 0 Å². The molecule has 6 nitrogen and oxygen atoms in total. The lowest BCUT2D eigenvalue weighted by atomic mass is 10.1. The second-order valence-electron chi connectivity index (χ2n) is 6.71. The summed E-state index contributed by atoms with van der Waals surface area (Å²) in [6, 6.07) is 16.6. The fourth-order valence-corrected chi connectivity index (χ4v) is 3.61. The fourth-order valence-electron chi connectivity index (χ4n) is 3.61. The smallest absolute Gasteiger partial charge is 0.409 e. The molecular weight excluding hydrogens is 340 g/mol. The number of aromatic nitrogens is 2. The van der Waals surface area contributed by atoms with Gasteiger partial charge in [-0.3, -0.25) is 0 Å². The van der Waals surface area contributed by atoms with Crippen molar-refractivity contribution < 1.29 is 9.53 Å². The maximum atomic E-state index is 11.9. The molecular formula is C21H24N4O2. The molecule has 0 bridgehead atoms. The van der Waals surface area contributed by atoms with Crippen molar-refractivity contribution in [3.63, 3.8) is 0 Å². The second-order valence-corrected chi connectivity index (χ2v) is 6.71. The summed E-state index contributed by atoms with van der Waals surface area (Å²) in [5.74, 6) is 0.961. The van der Waals surface area contributed by atoms with E-state index in [1.165, 1.54) is 0 Å². The van der Waals surface area contributed by atoms with Crippen LogP contribution in [-0.4, -0.2) is 53.3 Å². The molecule has 1 aromatic heterocycles. The number of benzene rings is 2. The van der Waals surface area contributed by atoms with Crippen LogP contribution in [0.25, 0.3) is 22.4 Å². The summed E-state index contributed by atoms with van der Waals surface area (Å²) in [5, 5.41) is 0. The highest BCUT2D eigenvalue weighted by atomic mass is 16.6. The van der Waals surface area contributed by atoms with Gasteiger partial charge in [-0.15, -0.1) is 0 Å². The third-order valence-corrected chi connectivity index (χ3v) is 5.06. The number of amides is 1. The largest absolute Gasteiger partial charge is 0.450 e. The van der Waals surface area contributed by atoms with Crippen LogP contribution in [0.2, 0.25) is 0 Å². The molecule has 6 heteroatoms. The molecule has 0 radical (unpaired) electrons. The van der Waals surface area contributed by atoms with E-state index in [-0.39, 0.29) is 6.09 Å². The lowest BCUT2D eigenvalue weighted by Crippen LogP contribution is -2.49. The summed E-state index contributed by atoms with van der Waals surface area (Å²) in [7, 11) is 2.05. The van der Waals surface area contributed by atoms with Crippen molar-refractivity contribution in [2.75, 3.05) is 37.7 Å². The van der Waals surface area contributed by atoms with E-state index < -0.39 is 0 Å². The topological polar surface area (TPSA) is 50.6 Å². The van der Waals surface area contributed by atoms with E-state index in [9.17, 15) is 4.79 Å². The summed E-state index contributed by atoms with van der Waals surface area (Å²) < 4.78 is 7.23. The Morgan fingerprint density at radius 1 is 1.07 bits per heavy atom. The van der Waals surface area contributed by atoms with Gasteiger partial charge in [-0.2, -0.15) is 0 Å². The molecule has 1 aliphatic heterocycles. The van der Waals surface area contributed by atoms with Crippen LogP contribution >= 0.6 is 0 Å². The number of rotatable bonds is 3. The molecule has 0 N–H and O–H groups in total. The number of carbonyl (C=O) groups excluding carboxylic acids is 1. The van der Waals surface area contributed by atoms with Gasteiger partial charge in [0.15, 0.2) is 0 Å². The second kappa shape index (κ2) is 7.31. The summed E-state index contributed by atoms with van der Waals surface area (Å²) >= 11 is 0. The molecule has 0 aliphatic carbocycles. The zero-order valence-electron chi connectivity index (χ0n) is 15.8. The van der Waals surface area contributed by atoms with Crippen LogP contribution in [0, 0.1) is 0 Å². The van der Waals surface area contributed by atoms with Crippen molar-refractivity contribution in [2.24, 2.45) is 7.05 Å². The van der Waals surface area contributed by atoms with Crippen LogP contribution in [0.4, 0.5) is 10.5 Å². The normalized spacial score (nSPS) is 14.6. The number of anilines is 1. The lowest BCUT2D eigenvalue weighted by molar-refractivity contribution is 0.105. The Morgan fingerprint density at radius 2 is 1.85 bits per heavy atom. The van der Waals surface area contributed by atoms with Crippen LogP contribution in [0.1, 0.15) is 6.92 Å². The molecule has 1 fully saturated rings. The van der Waals surface area contributed by atoms with Gasteiger partial charge in [0.1, 0.15) is 5.82 Å². The number of hydrogen-bond donors (Lipinski definition) is 0. The lowest BCUT2D eigenvalue weighted by Gasteiger charge is -2.35. The van der Waals surface area contributed by atoms with Gasteiger partial charge in [-0.05, 0) is 31.2 Å². The highest BCUT2D eigenvalue weighted by molar-refractivity contribution is 5.81. The van der Waals surface area contributed by atoms with E-state index >= 15 is 0 Å². The molecule has 140 valence electrons. The average molecular weight is 364 g/mol. The van der Waals surface area contributed by atoms with E-state index in [2.05, 4.69) is 46.8 Å². The molecule has 2 aromatic carbocycles. The monoisotopic (exact) mass is 364 g/mol. The third kappa shape index (κ3) is 3.35. The Morgan fingerprint density at radius 3 is 2.59 bits per heavy atom. The van der Waals surface area contributed by atoms with E-state index in [0.29, 0.717) is 19.7 Å². The standard InChI is InChI=1S/C21H24N4O2/c1-3-27-21(26)25-13-11-24(12-14-25)17-8-6-7-16(15-17)20-22-18-9-4-5-10-19(18)23(20)2/h4-10,15H,3,11-14H2,1-2H3. The van der Waals surface area contributed by atoms with Crippen molar-refractivity contribution in [3.8, 4) is 11.4 Å². The number of ether oxygens (including phenoxy) is 1. The molecule has 0 atom stereocenters. The Hall–Kier alpha value is -3.02. The Kier molecular flexibility index (Phi) is 4.71. The number of nitrogens with zero attached hydrogens (tertiary/aromatic N) is 4. The summed E-state index contributed by atoms with van der Waals surface area (Å²) in [6.07, 6.45) is -0.217. The van der Waals surface area contributed by atoms with E-state index in [1.54, 1.807) is 4.90 Å². The number of piperazine rings is 1. The number of carbonyl (C=O) groups is 1. The fraction of sp³-hybridized carbons (Fsp3) is 0.333. The molecule has 0 unspecified atom stereocenters. The van der Waals surface area contributed by atoms with Crippen LogP contribution < -0.4 is 4.90 Å². The van der Waals surface area contributed by atoms with Crippen molar-refractivity contribution >= 4 is 22.8 Å². The van der Waals surface area contributed by atoms with Gasteiger partial charge in [-0.1, -0.05) is 24.3 Å². The van der Waals surface area contributed by atoms with Gasteiger partial charge in [0, 0.05) is 44.5 Å². The minimum atomic E-state index is -0.217. The minimum absolute atomic E-state index is 0.217. The van der Waals surface area contributed by atoms with Gasteiger partial charge >= 0.3 is 6.09 Å². The van der Waals surface area contributed by atoms with Gasteiger partial charge in [0.25, 0.3) is 0 Å². The summed E-state index contributed by atoms with van der Waals surface area (Å²) in [4.78, 5) is 20.8. The van der Waals surface area contributed by atoms with Gasteiger partial charge in [-0.25, -0.2) is 9.78 Å². The van der Waals surface area contributed by atoms with Crippen molar-refractivity contribution in [1.29, 1.82) is 0 Å². The molecule has 4 rings (SSSR count). The maximum Gasteiger partial charge on any atom is 0.409 e. The van der Waals surface area contributed by atoms with Gasteiger partial charge in [0.05, 0.1) is 17.6 Å². The quantitative estimate of drug-likeness (QED) is 0.714. The number of fused-ring (bicyclic) bond motifs is 1. The van der Waals surface area contributed by atoms with Crippen molar-refractivity contribution in [2.45, 2.75) is 6.92 Å². The van der Waals surface area contributed by atoms with E-state index in [1.807, 2.05) is 25.1 Å². The first-order chi connectivity index (χ1) is 13.2. The summed E-state index contributed by atoms with van der Waals surface area (Å²) in [5.41, 5.74) is 4.38. The highest BCUT2D eigenvalue weighted by Crippen LogP contribution is 2.27. The highest BCUT2D eigenvalue weighted by Gasteiger charge is 2.22. The number of imidazole rings is 1. The Labute approximate surface area is 159 Å². The Balaban J connectivity index is 1.55. The summed E-state index contributed by atoms with van der Waals surface area (Å²) in [6.45, 7) is 5.19. The van der Waals surface area contributed by atoms with Gasteiger partial charge in [0.2, 0.25) is 0 Å². The number of para-hydroxylation sites is 2. The molecule has 1 aliphatic rings. The average Bonchev–Trinajstić information content (AvgIpc) is 3.05. The molecule has 1 saturated heterocycles. The van der Waals surface area contributed by atoms with Crippen LogP contribution in [-0.2, 0) is 11.8 Å². The SMILES string of the molecule is CCOC(=O)N1CCN(c2cccc(-c3nc4ccccc4n3C)c2)CC1. The van der Waals surface area contributed by atoms with Crippen LogP contribution in [0.3, 0.4) is 0 Å². The van der Waals surface area contributed by atoms with E-state index in [4.69, 9.17) is 9.72 Å². The van der Waals surface area contributed by atoms with Crippen molar-refractivity contribution in [1.82, 2.24) is 14.5 Å². The molecule has 2 heterocycles. The zero-order valence-corrected chi connectivity index (χ0v) is 15.8. The third-order valence-electron chi connectivity index (χ3n) is 5.06. The predicted octanol–water partition coefficient (Wildman–Crippen LogP) is 3.52.